The Morgan fingerprint density at radius 2 is 1.68 bits per heavy atom. The lowest BCUT2D eigenvalue weighted by Gasteiger charge is -2.28. The summed E-state index contributed by atoms with van der Waals surface area (Å²) in [6.07, 6.45) is 1.98. The first-order valence-corrected chi connectivity index (χ1v) is 13.2. The minimum Gasteiger partial charge on any atom is -0.352 e. The molecule has 3 aromatic carbocycles. The Bertz CT molecular complexity index is 1320. The van der Waals surface area contributed by atoms with E-state index in [4.69, 9.17) is 0 Å². The summed E-state index contributed by atoms with van der Waals surface area (Å²) in [5.74, 6) is -0.330. The molecule has 38 heavy (non-hydrogen) atoms. The molecule has 5 rings (SSSR count). The van der Waals surface area contributed by atoms with Crippen LogP contribution >= 0.6 is 12.4 Å². The highest BCUT2D eigenvalue weighted by Crippen LogP contribution is 2.26. The van der Waals surface area contributed by atoms with Gasteiger partial charge in [-0.3, -0.25) is 14.4 Å². The average Bonchev–Trinajstić information content (AvgIpc) is 3.36. The van der Waals surface area contributed by atoms with Crippen LogP contribution in [0.15, 0.2) is 60.7 Å². The second kappa shape index (κ2) is 12.4. The Kier molecular flexibility index (Phi) is 9.02. The number of carbonyl (C=O) groups excluding carboxylic acids is 3. The monoisotopic (exact) mass is 534 g/mol. The normalized spacial score (nSPS) is 15.9. The second-order valence-electron chi connectivity index (χ2n) is 10.0. The molecular formula is C30H35ClN4O3. The zero-order chi connectivity index (χ0) is 25.8. The number of carbonyl (C=O) groups is 3. The van der Waals surface area contributed by atoms with Gasteiger partial charge >= 0.3 is 0 Å². The van der Waals surface area contributed by atoms with Gasteiger partial charge in [-0.15, -0.1) is 12.4 Å². The lowest BCUT2D eigenvalue weighted by atomic mass is 9.95. The number of hydrogen-bond donors (Lipinski definition) is 3. The van der Waals surface area contributed by atoms with E-state index in [9.17, 15) is 14.4 Å². The number of fused-ring (bicyclic) bond motifs is 2. The number of piperidine rings is 1. The van der Waals surface area contributed by atoms with Gasteiger partial charge in [0.25, 0.3) is 5.91 Å². The molecule has 1 fully saturated rings. The standard InChI is InChI=1S/C30H34N4O3.ClH/c1-2-32-28(35)24-9-10-25-18-34(19-26(25)17-24)30(37)27(33-29(36)22-11-13-31-14-12-22)16-20-7-8-21-5-3-4-6-23(21)15-20;/h3-10,15,17,22,27,31H,2,11-14,16,18-19H2,1H3,(H,32,35)(H,33,36);1H/t27-;/m1./s1. The fourth-order valence-electron chi connectivity index (χ4n) is 5.35. The van der Waals surface area contributed by atoms with E-state index in [1.807, 2.05) is 43.3 Å². The Balaban J connectivity index is 0.00000336. The number of nitrogens with zero attached hydrogens (tertiary/aromatic N) is 1. The minimum atomic E-state index is -0.652. The fourth-order valence-corrected chi connectivity index (χ4v) is 5.35. The molecule has 8 heteroatoms. The van der Waals surface area contributed by atoms with Gasteiger partial charge in [-0.1, -0.05) is 48.5 Å². The van der Waals surface area contributed by atoms with E-state index >= 15 is 0 Å². The van der Waals surface area contributed by atoms with Crippen LogP contribution in [-0.4, -0.2) is 48.3 Å². The second-order valence-corrected chi connectivity index (χ2v) is 10.0. The van der Waals surface area contributed by atoms with E-state index in [2.05, 4.69) is 40.2 Å². The third kappa shape index (κ3) is 6.17. The van der Waals surface area contributed by atoms with Gasteiger partial charge in [0.1, 0.15) is 6.04 Å². The largest absolute Gasteiger partial charge is 0.352 e. The molecule has 0 aliphatic carbocycles. The summed E-state index contributed by atoms with van der Waals surface area (Å²) in [6, 6.07) is 19.3. The summed E-state index contributed by atoms with van der Waals surface area (Å²) in [4.78, 5) is 41.1. The number of hydrogen-bond acceptors (Lipinski definition) is 4. The molecule has 2 aliphatic heterocycles. The van der Waals surface area contributed by atoms with Crippen molar-refractivity contribution >= 4 is 40.9 Å². The summed E-state index contributed by atoms with van der Waals surface area (Å²) in [5.41, 5.74) is 3.63. The summed E-state index contributed by atoms with van der Waals surface area (Å²) >= 11 is 0. The van der Waals surface area contributed by atoms with E-state index in [-0.39, 0.29) is 36.0 Å². The smallest absolute Gasteiger partial charge is 0.251 e. The number of nitrogens with one attached hydrogen (secondary N) is 3. The molecule has 0 aromatic heterocycles. The van der Waals surface area contributed by atoms with Crippen molar-refractivity contribution in [3.63, 3.8) is 0 Å². The van der Waals surface area contributed by atoms with Gasteiger partial charge in [0, 0.05) is 37.5 Å². The molecular weight excluding hydrogens is 500 g/mol. The highest BCUT2D eigenvalue weighted by atomic mass is 35.5. The van der Waals surface area contributed by atoms with Crippen LogP contribution in [0, 0.1) is 5.92 Å². The van der Waals surface area contributed by atoms with Crippen LogP contribution in [0.1, 0.15) is 46.8 Å². The van der Waals surface area contributed by atoms with Gasteiger partial charge in [-0.2, -0.15) is 0 Å². The Morgan fingerprint density at radius 1 is 0.947 bits per heavy atom. The van der Waals surface area contributed by atoms with Gasteiger partial charge in [0.15, 0.2) is 0 Å². The van der Waals surface area contributed by atoms with Gasteiger partial charge in [-0.25, -0.2) is 0 Å². The van der Waals surface area contributed by atoms with Gasteiger partial charge in [0.05, 0.1) is 0 Å². The molecule has 0 radical (unpaired) electrons. The molecule has 0 bridgehead atoms. The summed E-state index contributed by atoms with van der Waals surface area (Å²) in [5, 5.41) is 11.5. The molecule has 200 valence electrons. The molecule has 1 saturated heterocycles. The van der Waals surface area contributed by atoms with Crippen LogP contribution in [0.3, 0.4) is 0 Å². The lowest BCUT2D eigenvalue weighted by molar-refractivity contribution is -0.138. The Hall–Kier alpha value is -3.42. The van der Waals surface area contributed by atoms with E-state index in [1.165, 1.54) is 0 Å². The maximum atomic E-state index is 13.8. The molecule has 0 saturated carbocycles. The Labute approximate surface area is 229 Å². The average molecular weight is 535 g/mol. The first-order valence-electron chi connectivity index (χ1n) is 13.2. The van der Waals surface area contributed by atoms with Gasteiger partial charge < -0.3 is 20.9 Å². The van der Waals surface area contributed by atoms with Crippen LogP contribution in [0.5, 0.6) is 0 Å². The zero-order valence-corrected chi connectivity index (χ0v) is 22.5. The summed E-state index contributed by atoms with van der Waals surface area (Å²) in [7, 11) is 0. The van der Waals surface area contributed by atoms with Crippen molar-refractivity contribution in [2.45, 2.75) is 45.3 Å². The fraction of sp³-hybridized carbons (Fsp3) is 0.367. The molecule has 1 atom stereocenters. The first kappa shape index (κ1) is 27.6. The molecule has 2 heterocycles. The lowest BCUT2D eigenvalue weighted by Crippen LogP contribution is -2.50. The van der Waals surface area contributed by atoms with Crippen LogP contribution in [0.25, 0.3) is 10.8 Å². The van der Waals surface area contributed by atoms with E-state index < -0.39 is 6.04 Å². The van der Waals surface area contributed by atoms with Crippen LogP contribution in [0.4, 0.5) is 0 Å². The Morgan fingerprint density at radius 3 is 2.45 bits per heavy atom. The summed E-state index contributed by atoms with van der Waals surface area (Å²) in [6.45, 7) is 4.99. The van der Waals surface area contributed by atoms with Crippen molar-refractivity contribution in [1.29, 1.82) is 0 Å². The van der Waals surface area contributed by atoms with Gasteiger partial charge in [-0.05, 0) is 72.5 Å². The zero-order valence-electron chi connectivity index (χ0n) is 21.7. The van der Waals surface area contributed by atoms with Crippen molar-refractivity contribution in [3.05, 3.63) is 82.9 Å². The minimum absolute atomic E-state index is 0. The maximum Gasteiger partial charge on any atom is 0.251 e. The molecule has 7 nitrogen and oxygen atoms in total. The molecule has 0 spiro atoms. The highest BCUT2D eigenvalue weighted by molar-refractivity contribution is 5.94. The predicted molar refractivity (Wildman–Crippen MR) is 151 cm³/mol. The number of benzene rings is 3. The van der Waals surface area contributed by atoms with Crippen LogP contribution < -0.4 is 16.0 Å². The first-order chi connectivity index (χ1) is 18.0. The molecule has 3 amide bonds. The van der Waals surface area contributed by atoms with E-state index in [0.717, 1.165) is 53.4 Å². The van der Waals surface area contributed by atoms with E-state index in [0.29, 0.717) is 31.6 Å². The SMILES string of the molecule is CCNC(=O)c1ccc2c(c1)CN(C(=O)[C@@H](Cc1ccc3ccccc3c1)NC(=O)C1CCNCC1)C2.Cl. The molecule has 3 N–H and O–H groups in total. The number of rotatable bonds is 7. The van der Waals surface area contributed by atoms with Crippen LogP contribution in [-0.2, 0) is 29.1 Å². The quantitative estimate of drug-likeness (QED) is 0.432. The van der Waals surface area contributed by atoms with E-state index in [1.54, 1.807) is 4.90 Å². The topological polar surface area (TPSA) is 90.5 Å². The third-order valence-corrected chi connectivity index (χ3v) is 7.42. The highest BCUT2D eigenvalue weighted by Gasteiger charge is 2.32. The van der Waals surface area contributed by atoms with Gasteiger partial charge in [0.2, 0.25) is 11.8 Å². The number of halogens is 1. The van der Waals surface area contributed by atoms with Crippen molar-refractivity contribution in [3.8, 4) is 0 Å². The maximum absolute atomic E-state index is 13.8. The number of amides is 3. The predicted octanol–water partition coefficient (Wildman–Crippen LogP) is 3.58. The summed E-state index contributed by atoms with van der Waals surface area (Å²) < 4.78 is 0. The van der Waals surface area contributed by atoms with Crippen LogP contribution in [0.2, 0.25) is 0 Å². The van der Waals surface area contributed by atoms with Crippen molar-refractivity contribution in [2.75, 3.05) is 19.6 Å². The van der Waals surface area contributed by atoms with Crippen molar-refractivity contribution in [2.24, 2.45) is 5.92 Å². The van der Waals surface area contributed by atoms with Crippen molar-refractivity contribution < 1.29 is 14.4 Å². The van der Waals surface area contributed by atoms with Crippen molar-refractivity contribution in [1.82, 2.24) is 20.9 Å². The molecule has 3 aromatic rings. The third-order valence-electron chi connectivity index (χ3n) is 7.42. The molecule has 0 unspecified atom stereocenters. The molecule has 2 aliphatic rings.